The van der Waals surface area contributed by atoms with Gasteiger partial charge in [-0.1, -0.05) is 49.8 Å². The summed E-state index contributed by atoms with van der Waals surface area (Å²) >= 11 is 0. The van der Waals surface area contributed by atoms with Crippen molar-refractivity contribution in [3.63, 3.8) is 0 Å². The number of allylic oxidation sites excluding steroid dienone is 4. The zero-order chi connectivity index (χ0) is 14.0. The van der Waals surface area contributed by atoms with E-state index in [4.69, 9.17) is 0 Å². The second-order valence-corrected chi connectivity index (χ2v) is 4.46. The van der Waals surface area contributed by atoms with E-state index in [1.165, 1.54) is 0 Å². The lowest BCUT2D eigenvalue weighted by Gasteiger charge is -2.17. The Labute approximate surface area is 111 Å². The molecule has 0 spiro atoms. The molecule has 0 saturated heterocycles. The van der Waals surface area contributed by atoms with Crippen molar-refractivity contribution in [1.82, 2.24) is 10.2 Å². The fourth-order valence-electron chi connectivity index (χ4n) is 1.38. The molecule has 0 heterocycles. The maximum absolute atomic E-state index is 11.6. The average molecular weight is 250 g/mol. The molecule has 0 aliphatic rings. The number of likely N-dealkylation sites (N-methyl/N-ethyl adjacent to an activating group) is 1. The second-order valence-electron chi connectivity index (χ2n) is 4.46. The van der Waals surface area contributed by atoms with E-state index in [-0.39, 0.29) is 5.91 Å². The summed E-state index contributed by atoms with van der Waals surface area (Å²) in [6, 6.07) is 0. The van der Waals surface area contributed by atoms with Crippen LogP contribution in [0.2, 0.25) is 0 Å². The van der Waals surface area contributed by atoms with Gasteiger partial charge in [0.15, 0.2) is 0 Å². The molecule has 0 aliphatic heterocycles. The Morgan fingerprint density at radius 3 is 2.39 bits per heavy atom. The summed E-state index contributed by atoms with van der Waals surface area (Å²) in [6.07, 6.45) is 5.89. The number of amides is 1. The van der Waals surface area contributed by atoms with E-state index in [2.05, 4.69) is 30.6 Å². The van der Waals surface area contributed by atoms with Crippen LogP contribution in [0, 0.1) is 0 Å². The van der Waals surface area contributed by atoms with E-state index in [0.29, 0.717) is 13.1 Å². The molecule has 0 aromatic rings. The Bertz CT molecular complexity index is 325. The fourth-order valence-corrected chi connectivity index (χ4v) is 1.38. The van der Waals surface area contributed by atoms with Crippen LogP contribution in [0.25, 0.3) is 0 Å². The van der Waals surface area contributed by atoms with Crippen molar-refractivity contribution in [2.45, 2.75) is 27.7 Å². The minimum atomic E-state index is 0.0790. The first-order valence-electron chi connectivity index (χ1n) is 6.48. The molecule has 3 nitrogen and oxygen atoms in total. The van der Waals surface area contributed by atoms with E-state index in [1.807, 2.05) is 32.1 Å². The van der Waals surface area contributed by atoms with Gasteiger partial charge >= 0.3 is 0 Å². The highest BCUT2D eigenvalue weighted by molar-refractivity contribution is 5.78. The van der Waals surface area contributed by atoms with Crippen molar-refractivity contribution >= 4 is 5.91 Å². The molecule has 3 heteroatoms. The third-order valence-corrected chi connectivity index (χ3v) is 2.59. The van der Waals surface area contributed by atoms with Crippen molar-refractivity contribution < 1.29 is 4.79 Å². The van der Waals surface area contributed by atoms with Crippen LogP contribution in [0.3, 0.4) is 0 Å². The van der Waals surface area contributed by atoms with Crippen LogP contribution in [-0.4, -0.2) is 37.0 Å². The summed E-state index contributed by atoms with van der Waals surface area (Å²) in [5.74, 6) is 0.0790. The highest BCUT2D eigenvalue weighted by atomic mass is 16.2. The largest absolute Gasteiger partial charge is 0.351 e. The summed E-state index contributed by atoms with van der Waals surface area (Å²) < 4.78 is 0. The summed E-state index contributed by atoms with van der Waals surface area (Å²) in [7, 11) is 0. The van der Waals surface area contributed by atoms with Gasteiger partial charge in [-0.05, 0) is 26.9 Å². The highest BCUT2D eigenvalue weighted by Gasteiger charge is 2.05. The van der Waals surface area contributed by atoms with Crippen molar-refractivity contribution in [2.75, 3.05) is 26.2 Å². The highest BCUT2D eigenvalue weighted by Crippen LogP contribution is 1.95. The van der Waals surface area contributed by atoms with E-state index in [0.717, 1.165) is 24.2 Å². The minimum absolute atomic E-state index is 0.0790. The number of hydrogen-bond acceptors (Lipinski definition) is 2. The van der Waals surface area contributed by atoms with E-state index in [1.54, 1.807) is 0 Å². The molecule has 0 aliphatic carbocycles. The number of carbonyl (C=O) groups excluding carboxylic acids is 1. The molecule has 18 heavy (non-hydrogen) atoms. The van der Waals surface area contributed by atoms with Gasteiger partial charge in [0.25, 0.3) is 0 Å². The molecule has 0 atom stereocenters. The Kier molecular flexibility index (Phi) is 8.93. The van der Waals surface area contributed by atoms with Gasteiger partial charge in [-0.2, -0.15) is 0 Å². The Morgan fingerprint density at radius 2 is 1.89 bits per heavy atom. The van der Waals surface area contributed by atoms with Gasteiger partial charge in [0.2, 0.25) is 5.91 Å². The molecule has 0 fully saturated rings. The lowest BCUT2D eigenvalue weighted by Crippen LogP contribution is -2.37. The van der Waals surface area contributed by atoms with Gasteiger partial charge in [-0.15, -0.1) is 0 Å². The molecule has 0 saturated carbocycles. The molecule has 0 aromatic carbocycles. The normalized spacial score (nSPS) is 12.2. The van der Waals surface area contributed by atoms with Gasteiger partial charge in [0, 0.05) is 6.54 Å². The van der Waals surface area contributed by atoms with Crippen molar-refractivity contribution in [3.8, 4) is 0 Å². The Balaban J connectivity index is 4.01. The number of hydrogen-bond donors (Lipinski definition) is 1. The first-order chi connectivity index (χ1) is 8.49. The SMILES string of the molecule is C=C(C)C=CC=C(C)CNC(=O)CN(CC)CC. The molecular formula is C15H26N2O. The summed E-state index contributed by atoms with van der Waals surface area (Å²) in [5.41, 5.74) is 2.14. The molecule has 0 unspecified atom stereocenters. The number of nitrogens with one attached hydrogen (secondary N) is 1. The van der Waals surface area contributed by atoms with Crippen LogP contribution in [0.1, 0.15) is 27.7 Å². The monoisotopic (exact) mass is 250 g/mol. The summed E-state index contributed by atoms with van der Waals surface area (Å²) in [4.78, 5) is 13.7. The van der Waals surface area contributed by atoms with Crippen molar-refractivity contribution in [2.24, 2.45) is 0 Å². The van der Waals surface area contributed by atoms with Crippen LogP contribution in [-0.2, 0) is 4.79 Å². The molecule has 1 amide bonds. The quantitative estimate of drug-likeness (QED) is 0.671. The molecule has 0 radical (unpaired) electrons. The predicted molar refractivity (Wildman–Crippen MR) is 78.5 cm³/mol. The lowest BCUT2D eigenvalue weighted by molar-refractivity contribution is -0.122. The maximum atomic E-state index is 11.6. The minimum Gasteiger partial charge on any atom is -0.351 e. The lowest BCUT2D eigenvalue weighted by atomic mass is 10.2. The van der Waals surface area contributed by atoms with Crippen molar-refractivity contribution in [1.29, 1.82) is 0 Å². The van der Waals surface area contributed by atoms with E-state index >= 15 is 0 Å². The number of nitrogens with zero attached hydrogens (tertiary/aromatic N) is 1. The fraction of sp³-hybridized carbons (Fsp3) is 0.533. The van der Waals surface area contributed by atoms with Crippen LogP contribution < -0.4 is 5.32 Å². The topological polar surface area (TPSA) is 32.3 Å². The Hall–Kier alpha value is -1.35. The molecule has 0 rings (SSSR count). The van der Waals surface area contributed by atoms with E-state index in [9.17, 15) is 4.79 Å². The third-order valence-electron chi connectivity index (χ3n) is 2.59. The van der Waals surface area contributed by atoms with Gasteiger partial charge in [0.05, 0.1) is 6.54 Å². The average Bonchev–Trinajstić information content (AvgIpc) is 2.33. The zero-order valence-electron chi connectivity index (χ0n) is 12.1. The first-order valence-corrected chi connectivity index (χ1v) is 6.48. The molecule has 0 bridgehead atoms. The standard InChI is InChI=1S/C15H26N2O/c1-6-17(7-2)12-15(18)16-11-14(5)10-8-9-13(3)4/h8-10H,3,6-7,11-12H2,1-2,4-5H3,(H,16,18). The molecular weight excluding hydrogens is 224 g/mol. The molecule has 1 N–H and O–H groups in total. The van der Waals surface area contributed by atoms with Crippen LogP contribution in [0.15, 0.2) is 36.0 Å². The van der Waals surface area contributed by atoms with Crippen LogP contribution in [0.4, 0.5) is 0 Å². The number of carbonyl (C=O) groups is 1. The molecule has 102 valence electrons. The first kappa shape index (κ1) is 16.6. The smallest absolute Gasteiger partial charge is 0.234 e. The maximum Gasteiger partial charge on any atom is 0.234 e. The van der Waals surface area contributed by atoms with Gasteiger partial charge < -0.3 is 5.32 Å². The summed E-state index contributed by atoms with van der Waals surface area (Å²) in [6.45, 7) is 14.7. The van der Waals surface area contributed by atoms with Crippen LogP contribution >= 0.6 is 0 Å². The van der Waals surface area contributed by atoms with Gasteiger partial charge in [0.1, 0.15) is 0 Å². The Morgan fingerprint density at radius 1 is 1.28 bits per heavy atom. The second kappa shape index (κ2) is 9.66. The zero-order valence-corrected chi connectivity index (χ0v) is 12.1. The van der Waals surface area contributed by atoms with E-state index < -0.39 is 0 Å². The van der Waals surface area contributed by atoms with Gasteiger partial charge in [-0.3, -0.25) is 9.69 Å². The van der Waals surface area contributed by atoms with Crippen molar-refractivity contribution in [3.05, 3.63) is 36.0 Å². The third kappa shape index (κ3) is 8.76. The van der Waals surface area contributed by atoms with Gasteiger partial charge in [-0.25, -0.2) is 0 Å². The molecule has 0 aromatic heterocycles. The summed E-state index contributed by atoms with van der Waals surface area (Å²) in [5, 5.41) is 2.91. The number of rotatable bonds is 8. The van der Waals surface area contributed by atoms with Crippen LogP contribution in [0.5, 0.6) is 0 Å². The predicted octanol–water partition coefficient (Wildman–Crippen LogP) is 2.52.